The molecule has 19 heavy (non-hydrogen) atoms. The second-order valence-electron chi connectivity index (χ2n) is 4.95. The van der Waals surface area contributed by atoms with Gasteiger partial charge in [0.25, 0.3) is 0 Å². The van der Waals surface area contributed by atoms with Crippen LogP contribution in [0.3, 0.4) is 0 Å². The highest BCUT2D eigenvalue weighted by atomic mass is 16.4. The Balaban J connectivity index is 2.64. The topological polar surface area (TPSA) is 61.6 Å². The minimum atomic E-state index is -0.791. The normalized spacial score (nSPS) is 11.4. The first-order valence-electron chi connectivity index (χ1n) is 6.62. The van der Waals surface area contributed by atoms with Crippen molar-refractivity contribution < 1.29 is 9.90 Å². The first-order chi connectivity index (χ1) is 9.02. The Morgan fingerprint density at radius 1 is 1.42 bits per heavy atom. The van der Waals surface area contributed by atoms with Gasteiger partial charge in [-0.05, 0) is 26.6 Å². The zero-order chi connectivity index (χ0) is 14.3. The number of hydrogen-bond donors (Lipinski definition) is 1. The fraction of sp³-hybridized carbons (Fsp3) is 0.692. The van der Waals surface area contributed by atoms with E-state index < -0.39 is 5.97 Å². The van der Waals surface area contributed by atoms with Crippen LogP contribution in [0.25, 0.3) is 0 Å². The molecule has 6 heteroatoms. The molecule has 0 fully saturated rings. The van der Waals surface area contributed by atoms with Gasteiger partial charge in [0.1, 0.15) is 0 Å². The Morgan fingerprint density at radius 3 is 2.74 bits per heavy atom. The van der Waals surface area contributed by atoms with Crippen molar-refractivity contribution in [1.82, 2.24) is 19.6 Å². The van der Waals surface area contributed by atoms with E-state index in [1.807, 2.05) is 29.7 Å². The molecule has 0 unspecified atom stereocenters. The maximum atomic E-state index is 10.9. The predicted molar refractivity (Wildman–Crippen MR) is 74.0 cm³/mol. The van der Waals surface area contributed by atoms with Gasteiger partial charge in [0, 0.05) is 32.4 Å². The predicted octanol–water partition coefficient (Wildman–Crippen LogP) is 0.741. The number of rotatable bonds is 9. The number of aliphatic carboxylic acids is 1. The summed E-state index contributed by atoms with van der Waals surface area (Å²) in [4.78, 5) is 14.9. The number of carbonyl (C=O) groups is 1. The van der Waals surface area contributed by atoms with Gasteiger partial charge in [0.2, 0.25) is 0 Å². The number of carboxylic acids is 1. The van der Waals surface area contributed by atoms with Gasteiger partial charge < -0.3 is 10.0 Å². The molecule has 0 saturated heterocycles. The van der Waals surface area contributed by atoms with Gasteiger partial charge in [-0.2, -0.15) is 5.10 Å². The summed E-state index contributed by atoms with van der Waals surface area (Å²) in [6.07, 6.45) is 2.79. The maximum absolute atomic E-state index is 10.9. The minimum absolute atomic E-state index is 0.0607. The lowest BCUT2D eigenvalue weighted by Gasteiger charge is -2.22. The largest absolute Gasteiger partial charge is 0.480 e. The average Bonchev–Trinajstić information content (AvgIpc) is 2.73. The lowest BCUT2D eigenvalue weighted by atomic mass is 10.3. The van der Waals surface area contributed by atoms with Gasteiger partial charge in [-0.1, -0.05) is 6.92 Å². The molecular formula is C13H24N4O2. The van der Waals surface area contributed by atoms with Crippen LogP contribution in [0.1, 0.15) is 19.0 Å². The highest BCUT2D eigenvalue weighted by molar-refractivity contribution is 5.69. The van der Waals surface area contributed by atoms with Gasteiger partial charge in [0.15, 0.2) is 0 Å². The first-order valence-corrected chi connectivity index (χ1v) is 6.62. The van der Waals surface area contributed by atoms with E-state index in [2.05, 4.69) is 16.9 Å². The van der Waals surface area contributed by atoms with Gasteiger partial charge in [-0.3, -0.25) is 14.4 Å². The standard InChI is InChI=1S/C13H24N4O2/c1-4-7-17-12(5-6-14-17)10-16(11-13(18)19)9-8-15(2)3/h5-6H,4,7-11H2,1-3H3,(H,18,19). The summed E-state index contributed by atoms with van der Waals surface area (Å²) in [5, 5.41) is 13.2. The molecule has 6 nitrogen and oxygen atoms in total. The first kappa shape index (κ1) is 15.7. The molecule has 0 atom stereocenters. The fourth-order valence-corrected chi connectivity index (χ4v) is 1.88. The monoisotopic (exact) mass is 268 g/mol. The van der Waals surface area contributed by atoms with Crippen LogP contribution in [0, 0.1) is 0 Å². The van der Waals surface area contributed by atoms with Gasteiger partial charge in [0.05, 0.1) is 12.2 Å². The zero-order valence-corrected chi connectivity index (χ0v) is 12.0. The third-order valence-electron chi connectivity index (χ3n) is 2.85. The molecule has 1 rings (SSSR count). The number of likely N-dealkylation sites (N-methyl/N-ethyl adjacent to an activating group) is 1. The van der Waals surface area contributed by atoms with Crippen molar-refractivity contribution in [2.45, 2.75) is 26.4 Å². The number of carboxylic acid groups (broad SMARTS) is 1. The van der Waals surface area contributed by atoms with Gasteiger partial charge in [-0.15, -0.1) is 0 Å². The number of aromatic nitrogens is 2. The van der Waals surface area contributed by atoms with Crippen LogP contribution < -0.4 is 0 Å². The molecule has 0 saturated carbocycles. The maximum Gasteiger partial charge on any atom is 0.317 e. The highest BCUT2D eigenvalue weighted by Crippen LogP contribution is 2.05. The molecule has 0 aliphatic rings. The van der Waals surface area contributed by atoms with Crippen LogP contribution in [0.2, 0.25) is 0 Å². The molecule has 0 aliphatic carbocycles. The minimum Gasteiger partial charge on any atom is -0.480 e. The molecular weight excluding hydrogens is 244 g/mol. The van der Waals surface area contributed by atoms with Crippen molar-refractivity contribution in [1.29, 1.82) is 0 Å². The van der Waals surface area contributed by atoms with Crippen molar-refractivity contribution in [2.24, 2.45) is 0 Å². The van der Waals surface area contributed by atoms with E-state index in [1.54, 1.807) is 6.20 Å². The zero-order valence-electron chi connectivity index (χ0n) is 12.0. The van der Waals surface area contributed by atoms with Crippen molar-refractivity contribution in [3.63, 3.8) is 0 Å². The van der Waals surface area contributed by atoms with E-state index in [0.717, 1.165) is 31.7 Å². The third-order valence-corrected chi connectivity index (χ3v) is 2.85. The number of aryl methyl sites for hydroxylation is 1. The highest BCUT2D eigenvalue weighted by Gasteiger charge is 2.13. The number of nitrogens with zero attached hydrogens (tertiary/aromatic N) is 4. The van der Waals surface area contributed by atoms with Crippen molar-refractivity contribution in [2.75, 3.05) is 33.7 Å². The molecule has 1 heterocycles. The van der Waals surface area contributed by atoms with E-state index in [-0.39, 0.29) is 6.54 Å². The summed E-state index contributed by atoms with van der Waals surface area (Å²) in [5.41, 5.74) is 1.07. The van der Waals surface area contributed by atoms with Crippen LogP contribution in [-0.2, 0) is 17.9 Å². The lowest BCUT2D eigenvalue weighted by Crippen LogP contribution is -2.35. The van der Waals surface area contributed by atoms with Crippen molar-refractivity contribution in [3.05, 3.63) is 18.0 Å². The van der Waals surface area contributed by atoms with Crippen molar-refractivity contribution in [3.8, 4) is 0 Å². The molecule has 1 aromatic rings. The quantitative estimate of drug-likeness (QED) is 0.716. The van der Waals surface area contributed by atoms with E-state index in [4.69, 9.17) is 5.11 Å². The van der Waals surface area contributed by atoms with E-state index >= 15 is 0 Å². The SMILES string of the molecule is CCCn1nccc1CN(CCN(C)C)CC(=O)O. The molecule has 0 aliphatic heterocycles. The summed E-state index contributed by atoms with van der Waals surface area (Å²) >= 11 is 0. The molecule has 0 radical (unpaired) electrons. The van der Waals surface area contributed by atoms with E-state index in [1.165, 1.54) is 0 Å². The third kappa shape index (κ3) is 5.85. The summed E-state index contributed by atoms with van der Waals surface area (Å²) in [5.74, 6) is -0.791. The Labute approximate surface area is 114 Å². The molecule has 0 spiro atoms. The van der Waals surface area contributed by atoms with Gasteiger partial charge >= 0.3 is 5.97 Å². The summed E-state index contributed by atoms with van der Waals surface area (Å²) in [6, 6.07) is 1.96. The van der Waals surface area contributed by atoms with E-state index in [0.29, 0.717) is 6.54 Å². The molecule has 108 valence electrons. The van der Waals surface area contributed by atoms with E-state index in [9.17, 15) is 4.79 Å². The molecule has 1 aromatic heterocycles. The summed E-state index contributed by atoms with van der Waals surface area (Å²) < 4.78 is 1.95. The second kappa shape index (κ2) is 7.91. The Hall–Kier alpha value is -1.40. The Kier molecular flexibility index (Phi) is 6.52. The van der Waals surface area contributed by atoms with Crippen LogP contribution in [0.4, 0.5) is 0 Å². The van der Waals surface area contributed by atoms with Crippen LogP contribution in [0.5, 0.6) is 0 Å². The van der Waals surface area contributed by atoms with Crippen LogP contribution in [0.15, 0.2) is 12.3 Å². The Bertz CT molecular complexity index is 390. The average molecular weight is 268 g/mol. The molecule has 0 bridgehead atoms. The lowest BCUT2D eigenvalue weighted by molar-refractivity contribution is -0.138. The molecule has 0 aromatic carbocycles. The summed E-state index contributed by atoms with van der Waals surface area (Å²) in [7, 11) is 3.97. The smallest absolute Gasteiger partial charge is 0.317 e. The Morgan fingerprint density at radius 2 is 2.16 bits per heavy atom. The summed E-state index contributed by atoms with van der Waals surface area (Å²) in [6.45, 7) is 5.24. The molecule has 1 N–H and O–H groups in total. The second-order valence-corrected chi connectivity index (χ2v) is 4.95. The van der Waals surface area contributed by atoms with Gasteiger partial charge in [-0.25, -0.2) is 0 Å². The van der Waals surface area contributed by atoms with Crippen molar-refractivity contribution >= 4 is 5.97 Å². The fourth-order valence-electron chi connectivity index (χ4n) is 1.88. The molecule has 0 amide bonds. The number of hydrogen-bond acceptors (Lipinski definition) is 4. The van der Waals surface area contributed by atoms with Crippen LogP contribution >= 0.6 is 0 Å². The van der Waals surface area contributed by atoms with Crippen LogP contribution in [-0.4, -0.2) is 64.4 Å².